The second-order valence-corrected chi connectivity index (χ2v) is 5.41. The largest absolute Gasteiger partial charge is 0.299 e. The minimum atomic E-state index is 0.325. The van der Waals surface area contributed by atoms with Gasteiger partial charge in [-0.25, -0.2) is 0 Å². The van der Waals surface area contributed by atoms with Gasteiger partial charge in [-0.05, 0) is 18.4 Å². The highest BCUT2D eigenvalue weighted by molar-refractivity contribution is 5.85. The predicted octanol–water partition coefficient (Wildman–Crippen LogP) is 2.49. The smallest absolute Gasteiger partial charge is 0.141 e. The Kier molecular flexibility index (Phi) is 2.98. The molecule has 1 heterocycles. The van der Waals surface area contributed by atoms with Crippen molar-refractivity contribution in [2.24, 2.45) is 11.8 Å². The summed E-state index contributed by atoms with van der Waals surface area (Å²) in [5.74, 6) is 1.19. The monoisotopic (exact) mass is 229 g/mol. The third kappa shape index (κ3) is 2.27. The zero-order valence-electron chi connectivity index (χ0n) is 10.1. The summed E-state index contributed by atoms with van der Waals surface area (Å²) in [6.45, 7) is 2.95. The lowest BCUT2D eigenvalue weighted by Gasteiger charge is -2.40. The molecule has 2 nitrogen and oxygen atoms in total. The highest BCUT2D eigenvalue weighted by Crippen LogP contribution is 2.32. The van der Waals surface area contributed by atoms with Gasteiger partial charge in [-0.2, -0.15) is 0 Å². The lowest BCUT2D eigenvalue weighted by atomic mass is 9.76. The highest BCUT2D eigenvalue weighted by atomic mass is 16.1. The quantitative estimate of drug-likeness (QED) is 0.776. The standard InChI is InChI=1S/C15H19NO/c17-15-13-7-4-8-14(15)11-16(10-13)9-12-5-2-1-3-6-12/h1-3,5-6,13-14H,4,7-11H2/t13-,14+. The Morgan fingerprint density at radius 1 is 1.06 bits per heavy atom. The number of benzene rings is 1. The van der Waals surface area contributed by atoms with Crippen LogP contribution < -0.4 is 0 Å². The SMILES string of the molecule is O=C1[C@@H]2CCC[C@H]1CN(Cc1ccccc1)C2. The summed E-state index contributed by atoms with van der Waals surface area (Å²) in [4.78, 5) is 14.4. The third-order valence-corrected chi connectivity index (χ3v) is 4.12. The number of hydrogen-bond donors (Lipinski definition) is 0. The maximum atomic E-state index is 12.0. The van der Waals surface area contributed by atoms with Gasteiger partial charge in [0, 0.05) is 31.5 Å². The van der Waals surface area contributed by atoms with Crippen LogP contribution in [0.1, 0.15) is 24.8 Å². The van der Waals surface area contributed by atoms with E-state index in [9.17, 15) is 4.79 Å². The van der Waals surface area contributed by atoms with Crippen LogP contribution in [0.4, 0.5) is 0 Å². The van der Waals surface area contributed by atoms with E-state index in [-0.39, 0.29) is 0 Å². The average molecular weight is 229 g/mol. The van der Waals surface area contributed by atoms with Crippen LogP contribution in [-0.4, -0.2) is 23.8 Å². The predicted molar refractivity (Wildman–Crippen MR) is 67.6 cm³/mol. The number of piperidine rings is 1. The number of rotatable bonds is 2. The minimum Gasteiger partial charge on any atom is -0.299 e. The summed E-state index contributed by atoms with van der Waals surface area (Å²) < 4.78 is 0. The molecule has 0 spiro atoms. The molecule has 1 aromatic carbocycles. The molecule has 1 aliphatic carbocycles. The van der Waals surface area contributed by atoms with Gasteiger partial charge in [0.2, 0.25) is 0 Å². The fourth-order valence-electron chi connectivity index (χ4n) is 3.26. The Hall–Kier alpha value is -1.15. The van der Waals surface area contributed by atoms with Crippen molar-refractivity contribution in [2.45, 2.75) is 25.8 Å². The van der Waals surface area contributed by atoms with Crippen molar-refractivity contribution in [2.75, 3.05) is 13.1 Å². The second-order valence-electron chi connectivity index (χ2n) is 5.41. The molecule has 0 unspecified atom stereocenters. The van der Waals surface area contributed by atoms with Gasteiger partial charge >= 0.3 is 0 Å². The van der Waals surface area contributed by atoms with Crippen molar-refractivity contribution in [3.05, 3.63) is 35.9 Å². The molecule has 0 amide bonds. The maximum Gasteiger partial charge on any atom is 0.141 e. The first-order valence-electron chi connectivity index (χ1n) is 6.63. The molecule has 1 aromatic rings. The Bertz CT molecular complexity index is 385. The van der Waals surface area contributed by atoms with E-state index in [1.54, 1.807) is 0 Å². The zero-order chi connectivity index (χ0) is 11.7. The summed E-state index contributed by atoms with van der Waals surface area (Å²) >= 11 is 0. The van der Waals surface area contributed by atoms with Crippen LogP contribution in [-0.2, 0) is 11.3 Å². The molecule has 0 radical (unpaired) electrons. The fourth-order valence-corrected chi connectivity index (χ4v) is 3.26. The van der Waals surface area contributed by atoms with Crippen LogP contribution in [0.25, 0.3) is 0 Å². The first-order chi connectivity index (χ1) is 8.33. The van der Waals surface area contributed by atoms with Gasteiger partial charge in [-0.1, -0.05) is 36.8 Å². The van der Waals surface area contributed by atoms with Crippen LogP contribution in [0.2, 0.25) is 0 Å². The molecule has 2 atom stereocenters. The van der Waals surface area contributed by atoms with Crippen LogP contribution in [0.15, 0.2) is 30.3 Å². The maximum absolute atomic E-state index is 12.0. The number of ketones is 1. The van der Waals surface area contributed by atoms with Crippen molar-refractivity contribution in [1.29, 1.82) is 0 Å². The molecule has 1 saturated heterocycles. The number of carbonyl (C=O) groups excluding carboxylic acids is 1. The van der Waals surface area contributed by atoms with Gasteiger partial charge in [0.1, 0.15) is 5.78 Å². The van der Waals surface area contributed by atoms with Crippen molar-refractivity contribution < 1.29 is 4.79 Å². The molecule has 0 N–H and O–H groups in total. The first kappa shape index (κ1) is 11.0. The fraction of sp³-hybridized carbons (Fsp3) is 0.533. The van der Waals surface area contributed by atoms with Crippen molar-refractivity contribution in [3.63, 3.8) is 0 Å². The van der Waals surface area contributed by atoms with E-state index in [0.29, 0.717) is 17.6 Å². The third-order valence-electron chi connectivity index (χ3n) is 4.12. The summed E-state index contributed by atoms with van der Waals surface area (Å²) in [6, 6.07) is 10.6. The van der Waals surface area contributed by atoms with Gasteiger partial charge in [0.15, 0.2) is 0 Å². The summed E-state index contributed by atoms with van der Waals surface area (Å²) in [5, 5.41) is 0. The number of Topliss-reactive ketones (excluding diaryl/α,β-unsaturated/α-hetero) is 1. The molecule has 0 aromatic heterocycles. The molecule has 3 rings (SSSR count). The first-order valence-corrected chi connectivity index (χ1v) is 6.63. The molecule has 1 aliphatic heterocycles. The molecule has 2 aliphatic rings. The number of hydrogen-bond acceptors (Lipinski definition) is 2. The number of fused-ring (bicyclic) bond motifs is 2. The van der Waals surface area contributed by atoms with E-state index in [1.165, 1.54) is 12.0 Å². The van der Waals surface area contributed by atoms with E-state index in [1.807, 2.05) is 0 Å². The number of likely N-dealkylation sites (tertiary alicyclic amines) is 1. The summed E-state index contributed by atoms with van der Waals surface area (Å²) in [7, 11) is 0. The van der Waals surface area contributed by atoms with E-state index in [4.69, 9.17) is 0 Å². The number of carbonyl (C=O) groups is 1. The molecule has 2 bridgehead atoms. The summed E-state index contributed by atoms with van der Waals surface area (Å²) in [5.41, 5.74) is 1.36. The van der Waals surface area contributed by atoms with Gasteiger partial charge in [0.05, 0.1) is 0 Å². The van der Waals surface area contributed by atoms with Gasteiger partial charge in [-0.15, -0.1) is 0 Å². The Balaban J connectivity index is 1.68. The van der Waals surface area contributed by atoms with Crippen LogP contribution in [0.5, 0.6) is 0 Å². The topological polar surface area (TPSA) is 20.3 Å². The van der Waals surface area contributed by atoms with Gasteiger partial charge < -0.3 is 0 Å². The Morgan fingerprint density at radius 2 is 1.71 bits per heavy atom. The van der Waals surface area contributed by atoms with Gasteiger partial charge in [-0.3, -0.25) is 9.69 Å². The Morgan fingerprint density at radius 3 is 2.35 bits per heavy atom. The second kappa shape index (κ2) is 4.61. The van der Waals surface area contributed by atoms with Crippen LogP contribution in [0.3, 0.4) is 0 Å². The zero-order valence-corrected chi connectivity index (χ0v) is 10.1. The molecule has 2 heteroatoms. The van der Waals surface area contributed by atoms with Gasteiger partial charge in [0.25, 0.3) is 0 Å². The molecule has 1 saturated carbocycles. The molecule has 90 valence electrons. The summed E-state index contributed by atoms with van der Waals surface area (Å²) in [6.07, 6.45) is 3.47. The Labute approximate surface area is 103 Å². The van der Waals surface area contributed by atoms with E-state index in [0.717, 1.165) is 32.5 Å². The van der Waals surface area contributed by atoms with Crippen molar-refractivity contribution >= 4 is 5.78 Å². The van der Waals surface area contributed by atoms with E-state index >= 15 is 0 Å². The molecule has 17 heavy (non-hydrogen) atoms. The van der Waals surface area contributed by atoms with Crippen molar-refractivity contribution in [3.8, 4) is 0 Å². The highest BCUT2D eigenvalue weighted by Gasteiger charge is 2.37. The molecular weight excluding hydrogens is 210 g/mol. The molecular formula is C15H19NO. The lowest BCUT2D eigenvalue weighted by Crippen LogP contribution is -2.48. The number of nitrogens with zero attached hydrogens (tertiary/aromatic N) is 1. The van der Waals surface area contributed by atoms with Crippen LogP contribution in [0, 0.1) is 11.8 Å². The lowest BCUT2D eigenvalue weighted by molar-refractivity contribution is -0.134. The van der Waals surface area contributed by atoms with Crippen LogP contribution >= 0.6 is 0 Å². The van der Waals surface area contributed by atoms with Crippen molar-refractivity contribution in [1.82, 2.24) is 4.90 Å². The minimum absolute atomic E-state index is 0.325. The normalized spacial score (nSPS) is 29.3. The molecule has 2 fully saturated rings. The van der Waals surface area contributed by atoms with E-state index in [2.05, 4.69) is 35.2 Å². The van der Waals surface area contributed by atoms with E-state index < -0.39 is 0 Å². The average Bonchev–Trinajstić information content (AvgIpc) is 2.32.